The highest BCUT2D eigenvalue weighted by Crippen LogP contribution is 2.33. The summed E-state index contributed by atoms with van der Waals surface area (Å²) in [5, 5.41) is 2.13. The first-order chi connectivity index (χ1) is 11.1. The first-order valence-electron chi connectivity index (χ1n) is 7.89. The van der Waals surface area contributed by atoms with Crippen LogP contribution in [0.5, 0.6) is 5.75 Å². The zero-order valence-corrected chi connectivity index (χ0v) is 15.5. The minimum Gasteiger partial charge on any atom is -0.494 e. The molecule has 0 fully saturated rings. The molecule has 3 nitrogen and oxygen atoms in total. The molecule has 1 atom stereocenters. The van der Waals surface area contributed by atoms with E-state index in [1.54, 1.807) is 11.3 Å². The first-order valence-corrected chi connectivity index (χ1v) is 9.56. The molecule has 1 aliphatic heterocycles. The van der Waals surface area contributed by atoms with Crippen LogP contribution in [0.25, 0.3) is 0 Å². The van der Waals surface area contributed by atoms with Crippen molar-refractivity contribution in [2.24, 2.45) is 0 Å². The maximum atomic E-state index is 12.5. The standard InChI is InChI=1S/C18H20BrNO2S/c1-13-16-8-11-23-17(16)7-9-20(13)18(21)6-3-10-22-15-5-2-4-14(19)12-15/h2,4-5,8,11-13H,3,6-7,9-10H2,1H3. The normalized spacial score (nSPS) is 17.0. The van der Waals surface area contributed by atoms with Crippen molar-refractivity contribution in [3.8, 4) is 5.75 Å². The molecule has 5 heteroatoms. The Morgan fingerprint density at radius 2 is 2.30 bits per heavy atom. The maximum Gasteiger partial charge on any atom is 0.223 e. The molecule has 23 heavy (non-hydrogen) atoms. The smallest absolute Gasteiger partial charge is 0.223 e. The van der Waals surface area contributed by atoms with E-state index in [0.29, 0.717) is 13.0 Å². The molecule has 0 saturated heterocycles. The summed E-state index contributed by atoms with van der Waals surface area (Å²) in [5.74, 6) is 1.06. The SMILES string of the molecule is CC1c2ccsc2CCN1C(=O)CCCOc1cccc(Br)c1. The summed E-state index contributed by atoms with van der Waals surface area (Å²) in [6.07, 6.45) is 2.26. The lowest BCUT2D eigenvalue weighted by Crippen LogP contribution is -2.38. The second kappa shape index (κ2) is 7.49. The highest BCUT2D eigenvalue weighted by molar-refractivity contribution is 9.10. The number of carbonyl (C=O) groups is 1. The summed E-state index contributed by atoms with van der Waals surface area (Å²) < 4.78 is 6.70. The molecule has 1 amide bonds. The third-order valence-corrected chi connectivity index (χ3v) is 5.69. The molecule has 122 valence electrons. The molecule has 2 aromatic rings. The number of benzene rings is 1. The van der Waals surface area contributed by atoms with Gasteiger partial charge in [0, 0.05) is 22.3 Å². The largest absolute Gasteiger partial charge is 0.494 e. The Kier molecular flexibility index (Phi) is 5.38. The summed E-state index contributed by atoms with van der Waals surface area (Å²) in [6.45, 7) is 3.52. The fourth-order valence-corrected chi connectivity index (χ4v) is 4.30. The number of ether oxygens (including phenoxy) is 1. The van der Waals surface area contributed by atoms with E-state index in [0.717, 1.165) is 29.6 Å². The predicted octanol–water partition coefficient (Wildman–Crippen LogP) is 4.82. The van der Waals surface area contributed by atoms with Gasteiger partial charge >= 0.3 is 0 Å². The van der Waals surface area contributed by atoms with Gasteiger partial charge in [0.1, 0.15) is 5.75 Å². The molecule has 0 radical (unpaired) electrons. The van der Waals surface area contributed by atoms with Crippen LogP contribution in [0.15, 0.2) is 40.2 Å². The summed E-state index contributed by atoms with van der Waals surface area (Å²) in [6, 6.07) is 10.1. The van der Waals surface area contributed by atoms with Gasteiger partial charge < -0.3 is 9.64 Å². The van der Waals surface area contributed by atoms with E-state index in [2.05, 4.69) is 34.3 Å². The summed E-state index contributed by atoms with van der Waals surface area (Å²) in [5.41, 5.74) is 1.32. The maximum absolute atomic E-state index is 12.5. The van der Waals surface area contributed by atoms with Crippen molar-refractivity contribution in [3.05, 3.63) is 50.6 Å². The zero-order valence-electron chi connectivity index (χ0n) is 13.1. The van der Waals surface area contributed by atoms with Crippen LogP contribution in [0.4, 0.5) is 0 Å². The van der Waals surface area contributed by atoms with Crippen LogP contribution in [-0.4, -0.2) is 24.0 Å². The minimum atomic E-state index is 0.198. The van der Waals surface area contributed by atoms with Gasteiger partial charge in [0.25, 0.3) is 0 Å². The van der Waals surface area contributed by atoms with Gasteiger partial charge in [-0.3, -0.25) is 4.79 Å². The quantitative estimate of drug-likeness (QED) is 0.681. The molecule has 0 N–H and O–H groups in total. The predicted molar refractivity (Wildman–Crippen MR) is 97.0 cm³/mol. The molecule has 0 aliphatic carbocycles. The van der Waals surface area contributed by atoms with Crippen molar-refractivity contribution >= 4 is 33.2 Å². The van der Waals surface area contributed by atoms with Crippen molar-refractivity contribution < 1.29 is 9.53 Å². The summed E-state index contributed by atoms with van der Waals surface area (Å²) in [7, 11) is 0. The molecule has 0 spiro atoms. The fraction of sp³-hybridized carbons (Fsp3) is 0.389. The number of amides is 1. The number of nitrogens with zero attached hydrogens (tertiary/aromatic N) is 1. The van der Waals surface area contributed by atoms with E-state index in [1.165, 1.54) is 10.4 Å². The Balaban J connectivity index is 1.47. The topological polar surface area (TPSA) is 29.5 Å². The van der Waals surface area contributed by atoms with Crippen LogP contribution >= 0.6 is 27.3 Å². The van der Waals surface area contributed by atoms with Gasteiger partial charge in [-0.2, -0.15) is 0 Å². The number of fused-ring (bicyclic) bond motifs is 1. The second-order valence-electron chi connectivity index (χ2n) is 5.72. The molecule has 0 bridgehead atoms. The van der Waals surface area contributed by atoms with Crippen molar-refractivity contribution in [2.45, 2.75) is 32.2 Å². The van der Waals surface area contributed by atoms with Crippen LogP contribution in [0.1, 0.15) is 36.2 Å². The monoisotopic (exact) mass is 393 g/mol. The molecule has 1 unspecified atom stereocenters. The van der Waals surface area contributed by atoms with Gasteiger partial charge in [-0.15, -0.1) is 11.3 Å². The summed E-state index contributed by atoms with van der Waals surface area (Å²) in [4.78, 5) is 15.9. The molecule has 1 aromatic carbocycles. The number of thiophene rings is 1. The Hall–Kier alpha value is -1.33. The Bertz CT molecular complexity index is 685. The average Bonchev–Trinajstić information content (AvgIpc) is 3.01. The van der Waals surface area contributed by atoms with Gasteiger partial charge in [-0.25, -0.2) is 0 Å². The molecule has 0 saturated carbocycles. The van der Waals surface area contributed by atoms with Crippen molar-refractivity contribution in [1.82, 2.24) is 4.90 Å². The van der Waals surface area contributed by atoms with Crippen LogP contribution in [0, 0.1) is 0 Å². The Morgan fingerprint density at radius 1 is 1.43 bits per heavy atom. The minimum absolute atomic E-state index is 0.198. The van der Waals surface area contributed by atoms with Crippen LogP contribution in [0.2, 0.25) is 0 Å². The van der Waals surface area contributed by atoms with Gasteiger partial charge in [-0.1, -0.05) is 22.0 Å². The molecule has 3 rings (SSSR count). The van der Waals surface area contributed by atoms with E-state index in [9.17, 15) is 4.79 Å². The average molecular weight is 394 g/mol. The lowest BCUT2D eigenvalue weighted by Gasteiger charge is -2.33. The highest BCUT2D eigenvalue weighted by atomic mass is 79.9. The van der Waals surface area contributed by atoms with Gasteiger partial charge in [0.15, 0.2) is 0 Å². The molecular formula is C18H20BrNO2S. The van der Waals surface area contributed by atoms with Crippen LogP contribution in [-0.2, 0) is 11.2 Å². The third kappa shape index (κ3) is 3.96. The van der Waals surface area contributed by atoms with Gasteiger partial charge in [0.05, 0.1) is 12.6 Å². The van der Waals surface area contributed by atoms with Crippen molar-refractivity contribution in [2.75, 3.05) is 13.2 Å². The lowest BCUT2D eigenvalue weighted by atomic mass is 10.0. The van der Waals surface area contributed by atoms with Crippen molar-refractivity contribution in [1.29, 1.82) is 0 Å². The van der Waals surface area contributed by atoms with Gasteiger partial charge in [-0.05, 0) is 55.0 Å². The van der Waals surface area contributed by atoms with Crippen LogP contribution < -0.4 is 4.74 Å². The fourth-order valence-electron chi connectivity index (χ4n) is 2.96. The number of halogens is 1. The zero-order chi connectivity index (χ0) is 16.2. The lowest BCUT2D eigenvalue weighted by molar-refractivity contribution is -0.134. The Morgan fingerprint density at radius 3 is 3.13 bits per heavy atom. The molecule has 1 aromatic heterocycles. The Labute approximate surface area is 149 Å². The number of rotatable bonds is 5. The van der Waals surface area contributed by atoms with E-state index >= 15 is 0 Å². The number of hydrogen-bond acceptors (Lipinski definition) is 3. The van der Waals surface area contributed by atoms with E-state index in [1.807, 2.05) is 29.2 Å². The second-order valence-corrected chi connectivity index (χ2v) is 7.64. The van der Waals surface area contributed by atoms with Crippen molar-refractivity contribution in [3.63, 3.8) is 0 Å². The number of hydrogen-bond donors (Lipinski definition) is 0. The van der Waals surface area contributed by atoms with Crippen LogP contribution in [0.3, 0.4) is 0 Å². The molecule has 2 heterocycles. The highest BCUT2D eigenvalue weighted by Gasteiger charge is 2.27. The van der Waals surface area contributed by atoms with E-state index in [-0.39, 0.29) is 11.9 Å². The number of carbonyl (C=O) groups excluding carboxylic acids is 1. The first kappa shape index (κ1) is 16.5. The molecular weight excluding hydrogens is 374 g/mol. The van der Waals surface area contributed by atoms with E-state index in [4.69, 9.17) is 4.74 Å². The summed E-state index contributed by atoms with van der Waals surface area (Å²) >= 11 is 5.22. The van der Waals surface area contributed by atoms with Gasteiger partial charge in [0.2, 0.25) is 5.91 Å². The van der Waals surface area contributed by atoms with E-state index < -0.39 is 0 Å². The molecule has 1 aliphatic rings. The third-order valence-electron chi connectivity index (χ3n) is 4.20.